The maximum Gasteiger partial charge on any atom is 0.234 e. The van der Waals surface area contributed by atoms with Gasteiger partial charge in [-0.1, -0.05) is 63.1 Å². The van der Waals surface area contributed by atoms with Crippen molar-refractivity contribution in [3.05, 3.63) is 35.2 Å². The lowest BCUT2D eigenvalue weighted by Gasteiger charge is -2.25. The van der Waals surface area contributed by atoms with Gasteiger partial charge in [-0.25, -0.2) is 0 Å². The molecule has 146 valence electrons. The lowest BCUT2D eigenvalue weighted by Crippen LogP contribution is -2.18. The quantitative estimate of drug-likeness (QED) is 0.689. The smallest absolute Gasteiger partial charge is 0.234 e. The number of hydrogen-bond acceptors (Lipinski definition) is 4. The van der Waals surface area contributed by atoms with Crippen LogP contribution in [0.5, 0.6) is 0 Å². The van der Waals surface area contributed by atoms with Gasteiger partial charge in [-0.05, 0) is 43.7 Å². The van der Waals surface area contributed by atoms with Crippen LogP contribution in [0.2, 0.25) is 0 Å². The van der Waals surface area contributed by atoms with Crippen molar-refractivity contribution < 1.29 is 4.79 Å². The third-order valence-corrected chi connectivity index (χ3v) is 6.24. The average molecular weight is 387 g/mol. The molecular weight excluding hydrogens is 356 g/mol. The van der Waals surface area contributed by atoms with Crippen LogP contribution in [0.3, 0.4) is 0 Å². The van der Waals surface area contributed by atoms with Crippen LogP contribution in [0, 0.1) is 13.8 Å². The Labute approximate surface area is 166 Å². The SMILES string of the molecule is Cc1cccc(C(C)C)c1NC(=O)CSc1nnc(C)n1C1CCCCC1. The molecule has 1 heterocycles. The molecule has 0 saturated heterocycles. The third-order valence-electron chi connectivity index (χ3n) is 5.30. The van der Waals surface area contributed by atoms with Gasteiger partial charge in [-0.2, -0.15) is 0 Å². The molecule has 2 aromatic rings. The van der Waals surface area contributed by atoms with E-state index in [9.17, 15) is 4.79 Å². The average Bonchev–Trinajstić information content (AvgIpc) is 3.02. The minimum atomic E-state index is 0.00653. The normalized spacial score (nSPS) is 15.3. The zero-order valence-corrected chi connectivity index (χ0v) is 17.6. The second-order valence-electron chi connectivity index (χ2n) is 7.72. The van der Waals surface area contributed by atoms with Gasteiger partial charge in [0.1, 0.15) is 5.82 Å². The van der Waals surface area contributed by atoms with Crippen LogP contribution in [0.25, 0.3) is 0 Å². The van der Waals surface area contributed by atoms with Crippen molar-refractivity contribution >= 4 is 23.4 Å². The summed E-state index contributed by atoms with van der Waals surface area (Å²) in [5.74, 6) is 1.67. The largest absolute Gasteiger partial charge is 0.325 e. The fraction of sp³-hybridized carbons (Fsp3) is 0.571. The molecule has 5 nitrogen and oxygen atoms in total. The first-order chi connectivity index (χ1) is 13.0. The summed E-state index contributed by atoms with van der Waals surface area (Å²) in [4.78, 5) is 12.6. The monoisotopic (exact) mass is 386 g/mol. The number of thioether (sulfide) groups is 1. The van der Waals surface area contributed by atoms with Gasteiger partial charge in [0.25, 0.3) is 0 Å². The predicted molar refractivity (Wildman–Crippen MR) is 112 cm³/mol. The van der Waals surface area contributed by atoms with Crippen molar-refractivity contribution in [2.75, 3.05) is 11.1 Å². The summed E-state index contributed by atoms with van der Waals surface area (Å²) < 4.78 is 2.24. The van der Waals surface area contributed by atoms with E-state index < -0.39 is 0 Å². The number of nitrogens with one attached hydrogen (secondary N) is 1. The summed E-state index contributed by atoms with van der Waals surface area (Å²) in [6, 6.07) is 6.65. The van der Waals surface area contributed by atoms with E-state index in [4.69, 9.17) is 0 Å². The van der Waals surface area contributed by atoms with Gasteiger partial charge in [0.05, 0.1) is 5.75 Å². The number of rotatable bonds is 6. The molecule has 1 aromatic carbocycles. The van der Waals surface area contributed by atoms with E-state index in [1.807, 2.05) is 26.0 Å². The Bertz CT molecular complexity index is 793. The highest BCUT2D eigenvalue weighted by atomic mass is 32.2. The third kappa shape index (κ3) is 4.72. The van der Waals surface area contributed by atoms with Crippen LogP contribution in [0.4, 0.5) is 5.69 Å². The second kappa shape index (κ2) is 8.91. The Balaban J connectivity index is 1.67. The maximum atomic E-state index is 12.6. The summed E-state index contributed by atoms with van der Waals surface area (Å²) in [5.41, 5.74) is 3.22. The fourth-order valence-corrected chi connectivity index (χ4v) is 4.71. The molecule has 1 N–H and O–H groups in total. The van der Waals surface area contributed by atoms with Gasteiger partial charge >= 0.3 is 0 Å². The van der Waals surface area contributed by atoms with Gasteiger partial charge in [0, 0.05) is 11.7 Å². The van der Waals surface area contributed by atoms with Crippen molar-refractivity contribution in [2.45, 2.75) is 76.9 Å². The molecule has 1 aromatic heterocycles. The molecule has 0 unspecified atom stereocenters. The molecule has 0 aliphatic heterocycles. The number of anilines is 1. The van der Waals surface area contributed by atoms with Gasteiger partial charge in [0.2, 0.25) is 5.91 Å². The Kier molecular flexibility index (Phi) is 6.58. The zero-order valence-electron chi connectivity index (χ0n) is 16.8. The first kappa shape index (κ1) is 19.9. The standard InChI is InChI=1S/C21H30N4OS/c1-14(2)18-12-8-9-15(3)20(18)22-19(26)13-27-21-24-23-16(4)25(21)17-10-6-5-7-11-17/h8-9,12,14,17H,5-7,10-11,13H2,1-4H3,(H,22,26). The van der Waals surface area contributed by atoms with Crippen LogP contribution in [-0.2, 0) is 4.79 Å². The maximum absolute atomic E-state index is 12.6. The summed E-state index contributed by atoms with van der Waals surface area (Å²) in [5, 5.41) is 12.6. The van der Waals surface area contributed by atoms with E-state index in [1.165, 1.54) is 49.4 Å². The van der Waals surface area contributed by atoms with E-state index in [0.29, 0.717) is 17.7 Å². The van der Waals surface area contributed by atoms with Crippen molar-refractivity contribution in [2.24, 2.45) is 0 Å². The topological polar surface area (TPSA) is 59.8 Å². The van der Waals surface area contributed by atoms with Gasteiger partial charge in [-0.3, -0.25) is 4.79 Å². The van der Waals surface area contributed by atoms with Crippen LogP contribution in [0.1, 0.15) is 74.9 Å². The number of para-hydroxylation sites is 1. The zero-order chi connectivity index (χ0) is 19.4. The van der Waals surface area contributed by atoms with E-state index in [-0.39, 0.29) is 5.91 Å². The Hall–Kier alpha value is -1.82. The van der Waals surface area contributed by atoms with Crippen molar-refractivity contribution in [1.29, 1.82) is 0 Å². The minimum Gasteiger partial charge on any atom is -0.325 e. The molecule has 1 fully saturated rings. The molecule has 0 bridgehead atoms. The molecule has 1 aliphatic rings. The predicted octanol–water partition coefficient (Wildman–Crippen LogP) is 5.25. The highest BCUT2D eigenvalue weighted by molar-refractivity contribution is 7.99. The van der Waals surface area contributed by atoms with Crippen LogP contribution < -0.4 is 5.32 Å². The van der Waals surface area contributed by atoms with E-state index in [0.717, 1.165) is 22.2 Å². The molecule has 0 atom stereocenters. The molecule has 1 saturated carbocycles. The first-order valence-electron chi connectivity index (χ1n) is 9.91. The highest BCUT2D eigenvalue weighted by Gasteiger charge is 2.22. The van der Waals surface area contributed by atoms with Gasteiger partial charge in [-0.15, -0.1) is 10.2 Å². The second-order valence-corrected chi connectivity index (χ2v) is 8.66. The van der Waals surface area contributed by atoms with Crippen molar-refractivity contribution in [1.82, 2.24) is 14.8 Å². The van der Waals surface area contributed by atoms with Crippen LogP contribution in [-0.4, -0.2) is 26.4 Å². The summed E-state index contributed by atoms with van der Waals surface area (Å²) in [6.07, 6.45) is 6.20. The van der Waals surface area contributed by atoms with Crippen molar-refractivity contribution in [3.8, 4) is 0 Å². The Morgan fingerprint density at radius 3 is 2.67 bits per heavy atom. The van der Waals surface area contributed by atoms with E-state index in [1.54, 1.807) is 0 Å². The summed E-state index contributed by atoms with van der Waals surface area (Å²) in [7, 11) is 0. The Morgan fingerprint density at radius 2 is 1.96 bits per heavy atom. The first-order valence-corrected chi connectivity index (χ1v) is 10.9. The lowest BCUT2D eigenvalue weighted by molar-refractivity contribution is -0.113. The number of carbonyl (C=O) groups is 1. The number of nitrogens with zero attached hydrogens (tertiary/aromatic N) is 3. The number of amides is 1. The molecule has 3 rings (SSSR count). The molecule has 0 radical (unpaired) electrons. The number of carbonyl (C=O) groups excluding carboxylic acids is 1. The number of aromatic nitrogens is 3. The molecule has 1 amide bonds. The molecule has 1 aliphatic carbocycles. The summed E-state index contributed by atoms with van der Waals surface area (Å²) in [6.45, 7) is 8.34. The molecular formula is C21H30N4OS. The Morgan fingerprint density at radius 1 is 1.22 bits per heavy atom. The minimum absolute atomic E-state index is 0.00653. The van der Waals surface area contributed by atoms with E-state index in [2.05, 4.69) is 40.0 Å². The summed E-state index contributed by atoms with van der Waals surface area (Å²) >= 11 is 1.49. The molecule has 27 heavy (non-hydrogen) atoms. The van der Waals surface area contributed by atoms with E-state index >= 15 is 0 Å². The number of aryl methyl sites for hydroxylation is 2. The van der Waals surface area contributed by atoms with Crippen molar-refractivity contribution in [3.63, 3.8) is 0 Å². The molecule has 6 heteroatoms. The lowest BCUT2D eigenvalue weighted by atomic mass is 9.95. The fourth-order valence-electron chi connectivity index (χ4n) is 3.86. The van der Waals surface area contributed by atoms with Gasteiger partial charge < -0.3 is 9.88 Å². The number of benzene rings is 1. The number of hydrogen-bond donors (Lipinski definition) is 1. The van der Waals surface area contributed by atoms with Crippen LogP contribution in [0.15, 0.2) is 23.4 Å². The van der Waals surface area contributed by atoms with Crippen LogP contribution >= 0.6 is 11.8 Å². The van der Waals surface area contributed by atoms with Gasteiger partial charge in [0.15, 0.2) is 5.16 Å². The molecule has 0 spiro atoms. The highest BCUT2D eigenvalue weighted by Crippen LogP contribution is 2.33.